The number of nitrogens with zero attached hydrogens (tertiary/aromatic N) is 3. The fraction of sp³-hybridized carbons (Fsp3) is 0.812. The second kappa shape index (κ2) is 6.46. The van der Waals surface area contributed by atoms with Crippen molar-refractivity contribution in [3.8, 4) is 0 Å². The second-order valence-corrected chi connectivity index (χ2v) is 6.64. The van der Waals surface area contributed by atoms with Gasteiger partial charge in [-0.15, -0.1) is 0 Å². The Labute approximate surface area is 127 Å². The molecular formula is C16H29N5. The molecule has 21 heavy (non-hydrogen) atoms. The highest BCUT2D eigenvalue weighted by atomic mass is 15.3. The van der Waals surface area contributed by atoms with E-state index in [1.54, 1.807) is 0 Å². The Morgan fingerprint density at radius 3 is 2.62 bits per heavy atom. The van der Waals surface area contributed by atoms with Crippen LogP contribution in [0.25, 0.3) is 0 Å². The monoisotopic (exact) mass is 291 g/mol. The minimum Gasteiger partial charge on any atom is -0.296 e. The van der Waals surface area contributed by atoms with E-state index >= 15 is 0 Å². The number of nitrogens with two attached hydrogens (primary N) is 1. The molecular weight excluding hydrogens is 262 g/mol. The molecule has 3 N–H and O–H groups in total. The first-order chi connectivity index (χ1) is 10.3. The van der Waals surface area contributed by atoms with Gasteiger partial charge in [-0.2, -0.15) is 5.10 Å². The average Bonchev–Trinajstić information content (AvgIpc) is 3.22. The Balaban J connectivity index is 1.87. The van der Waals surface area contributed by atoms with E-state index in [2.05, 4.69) is 28.5 Å². The van der Waals surface area contributed by atoms with Gasteiger partial charge in [0.2, 0.25) is 0 Å². The zero-order valence-corrected chi connectivity index (χ0v) is 13.2. The summed E-state index contributed by atoms with van der Waals surface area (Å²) in [5.74, 6) is 6.01. The van der Waals surface area contributed by atoms with Crippen molar-refractivity contribution in [3.05, 3.63) is 18.0 Å². The van der Waals surface area contributed by atoms with E-state index in [4.69, 9.17) is 5.84 Å². The summed E-state index contributed by atoms with van der Waals surface area (Å²) in [6.45, 7) is 5.61. The maximum absolute atomic E-state index is 6.01. The first-order valence-electron chi connectivity index (χ1n) is 8.53. The van der Waals surface area contributed by atoms with Gasteiger partial charge in [-0.3, -0.25) is 20.9 Å². The molecule has 5 heteroatoms. The van der Waals surface area contributed by atoms with Gasteiger partial charge in [-0.25, -0.2) is 0 Å². The topological polar surface area (TPSA) is 59.1 Å². The summed E-state index contributed by atoms with van der Waals surface area (Å²) in [6, 6.07) is 0.198. The van der Waals surface area contributed by atoms with Gasteiger partial charge in [0.1, 0.15) is 0 Å². The Morgan fingerprint density at radius 1 is 1.29 bits per heavy atom. The standard InChI is InChI=1S/C16H29N5/c1-2-9-21-13-14(12-18-21)15(19-17)16(7-3-4-8-16)20-10-5-6-11-20/h12-13,15,19H,2-11,17H2,1H3. The first-order valence-corrected chi connectivity index (χ1v) is 8.53. The first kappa shape index (κ1) is 15.0. The van der Waals surface area contributed by atoms with Crippen molar-refractivity contribution < 1.29 is 0 Å². The molecule has 2 aliphatic rings. The molecule has 0 radical (unpaired) electrons. The number of hydrogen-bond donors (Lipinski definition) is 2. The summed E-state index contributed by atoms with van der Waals surface area (Å²) in [5.41, 5.74) is 4.59. The Morgan fingerprint density at radius 2 is 2.00 bits per heavy atom. The van der Waals surface area contributed by atoms with Crippen molar-refractivity contribution in [2.75, 3.05) is 13.1 Å². The summed E-state index contributed by atoms with van der Waals surface area (Å²) >= 11 is 0. The van der Waals surface area contributed by atoms with Crippen LogP contribution in [0.1, 0.15) is 63.5 Å². The van der Waals surface area contributed by atoms with Gasteiger partial charge >= 0.3 is 0 Å². The molecule has 0 aromatic carbocycles. The highest BCUT2D eigenvalue weighted by Gasteiger charge is 2.47. The van der Waals surface area contributed by atoms with Crippen LogP contribution in [-0.2, 0) is 6.54 Å². The van der Waals surface area contributed by atoms with Crippen molar-refractivity contribution in [2.45, 2.75) is 70.0 Å². The maximum atomic E-state index is 6.01. The maximum Gasteiger partial charge on any atom is 0.0674 e. The summed E-state index contributed by atoms with van der Waals surface area (Å²) in [6.07, 6.45) is 13.1. The summed E-state index contributed by atoms with van der Waals surface area (Å²) < 4.78 is 2.05. The smallest absolute Gasteiger partial charge is 0.0674 e. The lowest BCUT2D eigenvalue weighted by Crippen LogP contribution is -2.55. The molecule has 2 fully saturated rings. The summed E-state index contributed by atoms with van der Waals surface area (Å²) in [7, 11) is 0. The molecule has 1 aliphatic heterocycles. The molecule has 0 bridgehead atoms. The van der Waals surface area contributed by atoms with Crippen LogP contribution < -0.4 is 11.3 Å². The van der Waals surface area contributed by atoms with E-state index < -0.39 is 0 Å². The molecule has 0 spiro atoms. The van der Waals surface area contributed by atoms with Crippen molar-refractivity contribution in [2.24, 2.45) is 5.84 Å². The highest BCUT2D eigenvalue weighted by Crippen LogP contribution is 2.45. The number of hydrogen-bond acceptors (Lipinski definition) is 4. The largest absolute Gasteiger partial charge is 0.296 e. The lowest BCUT2D eigenvalue weighted by atomic mass is 9.83. The van der Waals surface area contributed by atoms with Gasteiger partial charge in [-0.05, 0) is 45.2 Å². The van der Waals surface area contributed by atoms with Crippen LogP contribution in [0.4, 0.5) is 0 Å². The number of rotatable bonds is 6. The Bertz CT molecular complexity index is 443. The van der Waals surface area contributed by atoms with Crippen LogP contribution in [0.2, 0.25) is 0 Å². The van der Waals surface area contributed by atoms with Gasteiger partial charge < -0.3 is 0 Å². The molecule has 0 amide bonds. The van der Waals surface area contributed by atoms with E-state index in [0.717, 1.165) is 13.0 Å². The zero-order chi connectivity index (χ0) is 14.7. The van der Waals surface area contributed by atoms with E-state index in [9.17, 15) is 0 Å². The normalized spacial score (nSPS) is 23.7. The third kappa shape index (κ3) is 2.74. The van der Waals surface area contributed by atoms with E-state index in [0.29, 0.717) is 0 Å². The van der Waals surface area contributed by atoms with Crippen molar-refractivity contribution in [3.63, 3.8) is 0 Å². The van der Waals surface area contributed by atoms with Gasteiger partial charge in [0.15, 0.2) is 0 Å². The Hall–Kier alpha value is -0.910. The van der Waals surface area contributed by atoms with Crippen LogP contribution >= 0.6 is 0 Å². The van der Waals surface area contributed by atoms with Crippen LogP contribution in [0.15, 0.2) is 12.4 Å². The van der Waals surface area contributed by atoms with Gasteiger partial charge in [0.25, 0.3) is 0 Å². The highest BCUT2D eigenvalue weighted by molar-refractivity contribution is 5.19. The predicted octanol–water partition coefficient (Wildman–Crippen LogP) is 2.21. The predicted molar refractivity (Wildman–Crippen MR) is 84.6 cm³/mol. The molecule has 118 valence electrons. The van der Waals surface area contributed by atoms with E-state index in [1.165, 1.54) is 57.2 Å². The third-order valence-corrected chi connectivity index (χ3v) is 5.35. The lowest BCUT2D eigenvalue weighted by Gasteiger charge is -2.44. The molecule has 3 rings (SSSR count). The fourth-order valence-electron chi connectivity index (χ4n) is 4.38. The lowest BCUT2D eigenvalue weighted by molar-refractivity contribution is 0.0764. The van der Waals surface area contributed by atoms with Gasteiger partial charge in [-0.1, -0.05) is 19.8 Å². The molecule has 1 unspecified atom stereocenters. The van der Waals surface area contributed by atoms with Crippen LogP contribution in [0.5, 0.6) is 0 Å². The molecule has 1 atom stereocenters. The molecule has 1 aromatic rings. The third-order valence-electron chi connectivity index (χ3n) is 5.35. The molecule has 1 saturated carbocycles. The van der Waals surface area contributed by atoms with Crippen LogP contribution in [-0.4, -0.2) is 33.3 Å². The van der Waals surface area contributed by atoms with Crippen molar-refractivity contribution >= 4 is 0 Å². The number of hydrazine groups is 1. The molecule has 5 nitrogen and oxygen atoms in total. The van der Waals surface area contributed by atoms with Crippen LogP contribution in [0, 0.1) is 0 Å². The average molecular weight is 291 g/mol. The zero-order valence-electron chi connectivity index (χ0n) is 13.2. The SMILES string of the molecule is CCCn1cc(C(NN)C2(N3CCCC3)CCCC2)cn1. The van der Waals surface area contributed by atoms with Crippen molar-refractivity contribution in [1.29, 1.82) is 0 Å². The number of aromatic nitrogens is 2. The molecule has 1 aromatic heterocycles. The minimum absolute atomic E-state index is 0.198. The van der Waals surface area contributed by atoms with Gasteiger partial charge in [0, 0.05) is 23.8 Å². The van der Waals surface area contributed by atoms with Crippen LogP contribution in [0.3, 0.4) is 0 Å². The number of aryl methyl sites for hydroxylation is 1. The van der Waals surface area contributed by atoms with E-state index in [1.807, 2.05) is 10.9 Å². The fourth-order valence-corrected chi connectivity index (χ4v) is 4.38. The second-order valence-electron chi connectivity index (χ2n) is 6.64. The van der Waals surface area contributed by atoms with E-state index in [-0.39, 0.29) is 11.6 Å². The minimum atomic E-state index is 0.198. The summed E-state index contributed by atoms with van der Waals surface area (Å²) in [4.78, 5) is 2.70. The number of nitrogens with one attached hydrogen (secondary N) is 1. The van der Waals surface area contributed by atoms with Crippen molar-refractivity contribution in [1.82, 2.24) is 20.1 Å². The molecule has 1 saturated heterocycles. The quantitative estimate of drug-likeness (QED) is 0.623. The molecule has 1 aliphatic carbocycles. The molecule has 2 heterocycles. The van der Waals surface area contributed by atoms with Gasteiger partial charge in [0.05, 0.1) is 12.2 Å². The summed E-state index contributed by atoms with van der Waals surface area (Å²) in [5, 5.41) is 4.51. The number of likely N-dealkylation sites (tertiary alicyclic amines) is 1. The Kier molecular flexibility index (Phi) is 4.62.